The Kier molecular flexibility index (Phi) is 3.87. The molecule has 22 heavy (non-hydrogen) atoms. The molecule has 5 nitrogen and oxygen atoms in total. The van der Waals surface area contributed by atoms with Crippen LogP contribution < -0.4 is 0 Å². The molecule has 1 aromatic carbocycles. The Morgan fingerprint density at radius 2 is 1.86 bits per heavy atom. The fraction of sp³-hybridized carbons (Fsp3) is 0.500. The average molecular weight is 324 g/mol. The first-order valence-electron chi connectivity index (χ1n) is 7.42. The summed E-state index contributed by atoms with van der Waals surface area (Å²) in [6.45, 7) is 0.284. The van der Waals surface area contributed by atoms with Crippen molar-refractivity contribution in [2.75, 3.05) is 6.54 Å². The Bertz CT molecular complexity index is 597. The molecule has 0 bridgehead atoms. The SMILES string of the molecule is O=C(O)[C@H]1C[C@@H](O)CCN1C(=O)C1(c2ccc(Cl)cc2)CC1. The zero-order valence-corrected chi connectivity index (χ0v) is 12.8. The molecule has 6 heteroatoms. The van der Waals surface area contributed by atoms with Gasteiger partial charge in [0.1, 0.15) is 6.04 Å². The number of piperidine rings is 1. The molecule has 0 radical (unpaired) electrons. The molecule has 3 rings (SSSR count). The standard InChI is InChI=1S/C16H18ClNO4/c17-11-3-1-10(2-4-11)16(6-7-16)15(22)18-8-5-12(19)9-13(18)14(20)21/h1-4,12-13,19H,5-9H2,(H,20,21)/t12-,13+/m0/s1. The van der Waals surface area contributed by atoms with Gasteiger partial charge in [-0.05, 0) is 37.0 Å². The number of carbonyl (C=O) groups excluding carboxylic acids is 1. The molecule has 2 N–H and O–H groups in total. The number of amides is 1. The molecule has 1 aliphatic heterocycles. The lowest BCUT2D eigenvalue weighted by Crippen LogP contribution is -2.54. The largest absolute Gasteiger partial charge is 0.480 e. The van der Waals surface area contributed by atoms with Crippen molar-refractivity contribution in [1.29, 1.82) is 0 Å². The highest BCUT2D eigenvalue weighted by atomic mass is 35.5. The number of likely N-dealkylation sites (tertiary alicyclic amines) is 1. The van der Waals surface area contributed by atoms with Crippen LogP contribution in [0.15, 0.2) is 24.3 Å². The van der Waals surface area contributed by atoms with Crippen LogP contribution in [0.25, 0.3) is 0 Å². The second-order valence-corrected chi connectivity index (χ2v) is 6.56. The Morgan fingerprint density at radius 1 is 1.23 bits per heavy atom. The van der Waals surface area contributed by atoms with Gasteiger partial charge in [-0.1, -0.05) is 23.7 Å². The lowest BCUT2D eigenvalue weighted by molar-refractivity contribution is -0.155. The second kappa shape index (κ2) is 5.56. The Labute approximate surface area is 133 Å². The minimum atomic E-state index is -1.06. The molecule has 0 aromatic heterocycles. The predicted molar refractivity (Wildman–Crippen MR) is 80.7 cm³/mol. The number of hydrogen-bond acceptors (Lipinski definition) is 3. The van der Waals surface area contributed by atoms with Gasteiger partial charge in [-0.3, -0.25) is 4.79 Å². The molecule has 1 heterocycles. The molecule has 1 saturated carbocycles. The molecule has 118 valence electrons. The highest BCUT2D eigenvalue weighted by Crippen LogP contribution is 2.50. The van der Waals surface area contributed by atoms with E-state index in [1.807, 2.05) is 12.1 Å². The van der Waals surface area contributed by atoms with Crippen LogP contribution >= 0.6 is 11.6 Å². The summed E-state index contributed by atoms with van der Waals surface area (Å²) < 4.78 is 0. The van der Waals surface area contributed by atoms with Gasteiger partial charge in [0.25, 0.3) is 0 Å². The van der Waals surface area contributed by atoms with Crippen LogP contribution in [0.1, 0.15) is 31.2 Å². The van der Waals surface area contributed by atoms with E-state index in [1.165, 1.54) is 4.90 Å². The Hall–Kier alpha value is -1.59. The minimum absolute atomic E-state index is 0.0950. The predicted octanol–water partition coefficient (Wildman–Crippen LogP) is 1.81. The van der Waals surface area contributed by atoms with Gasteiger partial charge in [0, 0.05) is 18.0 Å². The maximum Gasteiger partial charge on any atom is 0.326 e. The second-order valence-electron chi connectivity index (χ2n) is 6.12. The molecule has 2 atom stereocenters. The van der Waals surface area contributed by atoms with Gasteiger partial charge in [0.2, 0.25) is 5.91 Å². The van der Waals surface area contributed by atoms with Crippen LogP contribution in [0.4, 0.5) is 0 Å². The smallest absolute Gasteiger partial charge is 0.326 e. The lowest BCUT2D eigenvalue weighted by Gasteiger charge is -2.37. The number of rotatable bonds is 3. The van der Waals surface area contributed by atoms with E-state index in [2.05, 4.69) is 0 Å². The highest BCUT2D eigenvalue weighted by molar-refractivity contribution is 6.30. The molecule has 1 aromatic rings. The van der Waals surface area contributed by atoms with E-state index in [1.54, 1.807) is 12.1 Å². The van der Waals surface area contributed by atoms with Crippen LogP contribution in [-0.2, 0) is 15.0 Å². The number of aliphatic carboxylic acids is 1. The van der Waals surface area contributed by atoms with Crippen LogP contribution in [0.2, 0.25) is 5.02 Å². The van der Waals surface area contributed by atoms with Crippen molar-refractivity contribution >= 4 is 23.5 Å². The van der Waals surface area contributed by atoms with Gasteiger partial charge in [-0.15, -0.1) is 0 Å². The minimum Gasteiger partial charge on any atom is -0.480 e. The van der Waals surface area contributed by atoms with Crippen molar-refractivity contribution in [3.8, 4) is 0 Å². The average Bonchev–Trinajstić information content (AvgIpc) is 3.29. The Balaban J connectivity index is 1.86. The summed E-state index contributed by atoms with van der Waals surface area (Å²) in [6, 6.07) is 6.22. The van der Waals surface area contributed by atoms with Crippen molar-refractivity contribution in [1.82, 2.24) is 4.90 Å². The lowest BCUT2D eigenvalue weighted by atomic mass is 9.91. The van der Waals surface area contributed by atoms with Gasteiger partial charge < -0.3 is 15.1 Å². The van der Waals surface area contributed by atoms with Gasteiger partial charge >= 0.3 is 5.97 Å². The maximum atomic E-state index is 12.9. The van der Waals surface area contributed by atoms with Gasteiger partial charge in [-0.2, -0.15) is 0 Å². The first-order valence-corrected chi connectivity index (χ1v) is 7.80. The van der Waals surface area contributed by atoms with Gasteiger partial charge in [0.05, 0.1) is 11.5 Å². The molecule has 1 saturated heterocycles. The summed E-state index contributed by atoms with van der Waals surface area (Å²) in [5.41, 5.74) is 0.276. The fourth-order valence-corrected chi connectivity index (χ4v) is 3.34. The fourth-order valence-electron chi connectivity index (χ4n) is 3.22. The van der Waals surface area contributed by atoms with Crippen molar-refractivity contribution < 1.29 is 19.8 Å². The van der Waals surface area contributed by atoms with E-state index in [0.29, 0.717) is 11.4 Å². The molecule has 1 amide bonds. The summed E-state index contributed by atoms with van der Waals surface area (Å²) in [7, 11) is 0. The van der Waals surface area contributed by atoms with Crippen LogP contribution in [0.5, 0.6) is 0 Å². The summed E-state index contributed by atoms with van der Waals surface area (Å²) in [5, 5.41) is 19.6. The number of carboxylic acid groups (broad SMARTS) is 1. The highest BCUT2D eigenvalue weighted by Gasteiger charge is 2.55. The molecule has 1 aliphatic carbocycles. The number of nitrogens with zero attached hydrogens (tertiary/aromatic N) is 1. The Morgan fingerprint density at radius 3 is 2.41 bits per heavy atom. The third-order valence-corrected chi connectivity index (χ3v) is 4.93. The number of halogens is 1. The van der Waals surface area contributed by atoms with Crippen molar-refractivity contribution in [2.45, 2.75) is 43.2 Å². The van der Waals surface area contributed by atoms with Crippen molar-refractivity contribution in [3.05, 3.63) is 34.9 Å². The zero-order chi connectivity index (χ0) is 15.9. The first kappa shape index (κ1) is 15.3. The number of aliphatic hydroxyl groups excluding tert-OH is 1. The van der Waals surface area contributed by atoms with Gasteiger partial charge in [-0.25, -0.2) is 4.79 Å². The molecular formula is C16H18ClNO4. The van der Waals surface area contributed by atoms with E-state index >= 15 is 0 Å². The molecule has 2 fully saturated rings. The topological polar surface area (TPSA) is 77.8 Å². The third-order valence-electron chi connectivity index (χ3n) is 4.68. The van der Waals surface area contributed by atoms with Crippen LogP contribution in [-0.4, -0.2) is 45.7 Å². The van der Waals surface area contributed by atoms with E-state index < -0.39 is 23.5 Å². The summed E-state index contributed by atoms with van der Waals surface area (Å²) in [5.74, 6) is -1.20. The van der Waals surface area contributed by atoms with Crippen LogP contribution in [0.3, 0.4) is 0 Å². The number of benzene rings is 1. The normalized spacial score (nSPS) is 26.5. The number of carbonyl (C=O) groups is 2. The van der Waals surface area contributed by atoms with Crippen molar-refractivity contribution in [2.24, 2.45) is 0 Å². The molecular weight excluding hydrogens is 306 g/mol. The van der Waals surface area contributed by atoms with Crippen molar-refractivity contribution in [3.63, 3.8) is 0 Å². The maximum absolute atomic E-state index is 12.9. The molecule has 0 unspecified atom stereocenters. The molecule has 2 aliphatic rings. The molecule has 0 spiro atoms. The summed E-state index contributed by atoms with van der Waals surface area (Å²) in [4.78, 5) is 25.8. The van der Waals surface area contributed by atoms with E-state index in [4.69, 9.17) is 11.6 Å². The summed E-state index contributed by atoms with van der Waals surface area (Å²) in [6.07, 6.45) is 1.30. The third kappa shape index (κ3) is 2.59. The summed E-state index contributed by atoms with van der Waals surface area (Å²) >= 11 is 5.89. The van der Waals surface area contributed by atoms with E-state index in [0.717, 1.165) is 18.4 Å². The van der Waals surface area contributed by atoms with Gasteiger partial charge in [0.15, 0.2) is 0 Å². The van der Waals surface area contributed by atoms with Crippen LogP contribution in [0, 0.1) is 0 Å². The number of carboxylic acids is 1. The quantitative estimate of drug-likeness (QED) is 0.889. The van der Waals surface area contributed by atoms with E-state index in [-0.39, 0.29) is 18.9 Å². The van der Waals surface area contributed by atoms with E-state index in [9.17, 15) is 19.8 Å². The number of hydrogen-bond donors (Lipinski definition) is 2. The zero-order valence-electron chi connectivity index (χ0n) is 12.0. The number of aliphatic hydroxyl groups is 1. The first-order chi connectivity index (χ1) is 10.4. The monoisotopic (exact) mass is 323 g/mol.